The number of aryl methyl sites for hydroxylation is 3. The first-order chi connectivity index (χ1) is 10.1. The van der Waals surface area contributed by atoms with Gasteiger partial charge in [-0.15, -0.1) is 0 Å². The molecule has 2 aromatic heterocycles. The number of nitrogens with zero attached hydrogens (tertiary/aromatic N) is 4. The van der Waals surface area contributed by atoms with Gasteiger partial charge in [-0.25, -0.2) is 0 Å². The van der Waals surface area contributed by atoms with Crippen molar-refractivity contribution in [2.45, 2.75) is 32.7 Å². The maximum absolute atomic E-state index is 12.8. The number of likely N-dealkylation sites (tertiary alicyclic amines) is 1. The van der Waals surface area contributed by atoms with Gasteiger partial charge in [0.1, 0.15) is 5.69 Å². The van der Waals surface area contributed by atoms with Gasteiger partial charge in [0.25, 0.3) is 5.91 Å². The minimum absolute atomic E-state index is 0.0243. The number of hydrogen-bond donors (Lipinski definition) is 0. The highest BCUT2D eigenvalue weighted by Gasteiger charge is 2.33. The molecule has 0 unspecified atom stereocenters. The Morgan fingerprint density at radius 3 is 2.86 bits per heavy atom. The van der Waals surface area contributed by atoms with E-state index in [9.17, 15) is 4.79 Å². The van der Waals surface area contributed by atoms with Crippen LogP contribution in [0.15, 0.2) is 24.5 Å². The van der Waals surface area contributed by atoms with Crippen molar-refractivity contribution in [3.63, 3.8) is 0 Å². The number of rotatable bonds is 2. The van der Waals surface area contributed by atoms with E-state index in [4.69, 9.17) is 0 Å². The second kappa shape index (κ2) is 5.31. The third-order valence-corrected chi connectivity index (χ3v) is 4.13. The van der Waals surface area contributed by atoms with Crippen LogP contribution in [0.25, 0.3) is 0 Å². The molecule has 0 spiro atoms. The lowest BCUT2D eigenvalue weighted by molar-refractivity contribution is 0.0723. The molecule has 3 heterocycles. The molecule has 0 radical (unpaired) electrons. The molecular formula is C16H20N4O. The molecule has 0 aromatic carbocycles. The van der Waals surface area contributed by atoms with Gasteiger partial charge < -0.3 is 4.90 Å². The molecule has 0 bridgehead atoms. The Bertz CT molecular complexity index is 677. The lowest BCUT2D eigenvalue weighted by atomic mass is 10.1. The summed E-state index contributed by atoms with van der Waals surface area (Å²) < 4.78 is 1.85. The SMILES string of the molecule is Cc1cnc(C(=O)N2CCC[C@H]2c2ccnn2C)c(C)c1. The van der Waals surface area contributed by atoms with Crippen LogP contribution in [0.4, 0.5) is 0 Å². The van der Waals surface area contributed by atoms with Crippen molar-refractivity contribution in [1.29, 1.82) is 0 Å². The van der Waals surface area contributed by atoms with Gasteiger partial charge in [-0.1, -0.05) is 6.07 Å². The topological polar surface area (TPSA) is 51.0 Å². The fraction of sp³-hybridized carbons (Fsp3) is 0.438. The number of carbonyl (C=O) groups is 1. The second-order valence-electron chi connectivity index (χ2n) is 5.71. The zero-order valence-electron chi connectivity index (χ0n) is 12.7. The van der Waals surface area contributed by atoms with Crippen molar-refractivity contribution in [1.82, 2.24) is 19.7 Å². The number of carbonyl (C=O) groups excluding carboxylic acids is 1. The van der Waals surface area contributed by atoms with Gasteiger partial charge in [0, 0.05) is 26.0 Å². The summed E-state index contributed by atoms with van der Waals surface area (Å²) in [5.41, 5.74) is 3.67. The number of hydrogen-bond acceptors (Lipinski definition) is 3. The van der Waals surface area contributed by atoms with Gasteiger partial charge in [-0.05, 0) is 43.9 Å². The van der Waals surface area contributed by atoms with Crippen LogP contribution in [0.1, 0.15) is 46.2 Å². The van der Waals surface area contributed by atoms with Crippen molar-refractivity contribution in [3.8, 4) is 0 Å². The van der Waals surface area contributed by atoms with Crippen LogP contribution < -0.4 is 0 Å². The summed E-state index contributed by atoms with van der Waals surface area (Å²) in [4.78, 5) is 19.1. The fourth-order valence-corrected chi connectivity index (χ4v) is 3.10. The summed E-state index contributed by atoms with van der Waals surface area (Å²) in [6, 6.07) is 4.11. The van der Waals surface area contributed by atoms with Crippen molar-refractivity contribution in [3.05, 3.63) is 47.0 Å². The normalized spacial score (nSPS) is 18.2. The van der Waals surface area contributed by atoms with E-state index in [1.54, 1.807) is 12.4 Å². The molecule has 0 saturated carbocycles. The molecule has 110 valence electrons. The second-order valence-corrected chi connectivity index (χ2v) is 5.71. The minimum Gasteiger partial charge on any atom is -0.329 e. The highest BCUT2D eigenvalue weighted by molar-refractivity contribution is 5.94. The van der Waals surface area contributed by atoms with E-state index in [-0.39, 0.29) is 11.9 Å². The molecule has 1 aliphatic heterocycles. The predicted octanol–water partition coefficient (Wildman–Crippen LogP) is 2.41. The van der Waals surface area contributed by atoms with Crippen molar-refractivity contribution >= 4 is 5.91 Å². The summed E-state index contributed by atoms with van der Waals surface area (Å²) in [7, 11) is 1.92. The standard InChI is InChI=1S/C16H20N4O/c1-11-9-12(2)15(17-10-11)16(21)20-8-4-5-14(20)13-6-7-18-19(13)3/h6-7,9-10,14H,4-5,8H2,1-3H3/t14-/m0/s1. The fourth-order valence-electron chi connectivity index (χ4n) is 3.10. The maximum Gasteiger partial charge on any atom is 0.273 e. The highest BCUT2D eigenvalue weighted by Crippen LogP contribution is 2.32. The molecule has 5 heteroatoms. The van der Waals surface area contributed by atoms with Gasteiger partial charge >= 0.3 is 0 Å². The quantitative estimate of drug-likeness (QED) is 0.851. The molecule has 0 aliphatic carbocycles. The average Bonchev–Trinajstić information content (AvgIpc) is 3.06. The lowest BCUT2D eigenvalue weighted by Crippen LogP contribution is -2.32. The summed E-state index contributed by atoms with van der Waals surface area (Å²) in [6.45, 7) is 4.72. The van der Waals surface area contributed by atoms with E-state index in [0.717, 1.165) is 36.2 Å². The summed E-state index contributed by atoms with van der Waals surface area (Å²) in [5, 5.41) is 4.22. The smallest absolute Gasteiger partial charge is 0.273 e. The Kier molecular flexibility index (Phi) is 3.49. The maximum atomic E-state index is 12.8. The van der Waals surface area contributed by atoms with Crippen molar-refractivity contribution < 1.29 is 4.79 Å². The first-order valence-corrected chi connectivity index (χ1v) is 7.30. The Morgan fingerprint density at radius 2 is 2.19 bits per heavy atom. The summed E-state index contributed by atoms with van der Waals surface area (Å²) in [6.07, 6.45) is 5.55. The van der Waals surface area contributed by atoms with Gasteiger partial charge in [0.05, 0.1) is 11.7 Å². The Balaban J connectivity index is 1.92. The van der Waals surface area contributed by atoms with Gasteiger partial charge in [-0.3, -0.25) is 14.5 Å². The van der Waals surface area contributed by atoms with E-state index >= 15 is 0 Å². The molecular weight excluding hydrogens is 264 g/mol. The number of pyridine rings is 1. The third-order valence-electron chi connectivity index (χ3n) is 4.13. The summed E-state index contributed by atoms with van der Waals surface area (Å²) >= 11 is 0. The van der Waals surface area contributed by atoms with Crippen LogP contribution in [-0.2, 0) is 7.05 Å². The molecule has 2 aromatic rings. The van der Waals surface area contributed by atoms with Crippen LogP contribution in [-0.4, -0.2) is 32.1 Å². The zero-order chi connectivity index (χ0) is 15.0. The van der Waals surface area contributed by atoms with Crippen LogP contribution in [0.2, 0.25) is 0 Å². The highest BCUT2D eigenvalue weighted by atomic mass is 16.2. The van der Waals surface area contributed by atoms with Gasteiger partial charge in [0.15, 0.2) is 0 Å². The van der Waals surface area contributed by atoms with E-state index < -0.39 is 0 Å². The molecule has 0 N–H and O–H groups in total. The molecule has 1 saturated heterocycles. The molecule has 21 heavy (non-hydrogen) atoms. The first-order valence-electron chi connectivity index (χ1n) is 7.30. The molecule has 5 nitrogen and oxygen atoms in total. The van der Waals surface area contributed by atoms with E-state index in [1.165, 1.54) is 0 Å². The van der Waals surface area contributed by atoms with Crippen LogP contribution in [0.3, 0.4) is 0 Å². The Hall–Kier alpha value is -2.17. The van der Waals surface area contributed by atoms with E-state index in [0.29, 0.717) is 5.69 Å². The van der Waals surface area contributed by atoms with Crippen LogP contribution in [0.5, 0.6) is 0 Å². The van der Waals surface area contributed by atoms with Crippen molar-refractivity contribution in [2.75, 3.05) is 6.54 Å². The molecule has 1 atom stereocenters. The van der Waals surface area contributed by atoms with Crippen LogP contribution >= 0.6 is 0 Å². The molecule has 1 aliphatic rings. The zero-order valence-corrected chi connectivity index (χ0v) is 12.7. The monoisotopic (exact) mass is 284 g/mol. The third kappa shape index (κ3) is 2.44. The summed E-state index contributed by atoms with van der Waals surface area (Å²) in [5.74, 6) is 0.0243. The first kappa shape index (κ1) is 13.8. The predicted molar refractivity (Wildman–Crippen MR) is 79.9 cm³/mol. The minimum atomic E-state index is 0.0243. The van der Waals surface area contributed by atoms with Crippen molar-refractivity contribution in [2.24, 2.45) is 7.05 Å². The van der Waals surface area contributed by atoms with Gasteiger partial charge in [-0.2, -0.15) is 5.10 Å². The van der Waals surface area contributed by atoms with E-state index in [1.807, 2.05) is 42.6 Å². The Labute approximate surface area is 124 Å². The lowest BCUT2D eigenvalue weighted by Gasteiger charge is -2.25. The van der Waals surface area contributed by atoms with Gasteiger partial charge in [0.2, 0.25) is 0 Å². The average molecular weight is 284 g/mol. The molecule has 1 fully saturated rings. The molecule has 3 rings (SSSR count). The van der Waals surface area contributed by atoms with E-state index in [2.05, 4.69) is 10.1 Å². The number of aromatic nitrogens is 3. The largest absolute Gasteiger partial charge is 0.329 e. The molecule has 1 amide bonds. The Morgan fingerprint density at radius 1 is 1.38 bits per heavy atom. The van der Waals surface area contributed by atoms with Crippen LogP contribution in [0, 0.1) is 13.8 Å². The number of amides is 1.